The Morgan fingerprint density at radius 2 is 1.38 bits per heavy atom. The first-order chi connectivity index (χ1) is 11.4. The number of hydrogen-bond donors (Lipinski definition) is 1. The van der Waals surface area contributed by atoms with Crippen LogP contribution in [-0.4, -0.2) is 24.8 Å². The summed E-state index contributed by atoms with van der Waals surface area (Å²) in [5.74, 6) is -0.219. The first-order valence-corrected chi connectivity index (χ1v) is 8.73. The molecule has 0 atom stereocenters. The lowest BCUT2D eigenvalue weighted by Crippen LogP contribution is -2.04. The summed E-state index contributed by atoms with van der Waals surface area (Å²) in [5.41, 5.74) is 4.58. The van der Waals surface area contributed by atoms with E-state index in [9.17, 15) is 4.79 Å². The molecule has 0 unspecified atom stereocenters. The summed E-state index contributed by atoms with van der Waals surface area (Å²) < 4.78 is 4.87. The number of esters is 1. The second-order valence-electron chi connectivity index (χ2n) is 6.40. The average Bonchev–Trinajstić information content (AvgIpc) is 2.52. The number of ether oxygens (including phenoxy) is 1. The lowest BCUT2D eigenvalue weighted by Gasteiger charge is -2.05. The number of allylic oxidation sites excluding steroid dienone is 6. The third-order valence-electron chi connectivity index (χ3n) is 3.81. The molecule has 0 aromatic carbocycles. The van der Waals surface area contributed by atoms with Crippen molar-refractivity contribution in [3.63, 3.8) is 0 Å². The van der Waals surface area contributed by atoms with E-state index in [2.05, 4.69) is 32.9 Å². The zero-order valence-electron chi connectivity index (χ0n) is 16.0. The third kappa shape index (κ3) is 11.9. The molecular formula is C21H34O3. The van der Waals surface area contributed by atoms with Crippen molar-refractivity contribution in [1.29, 1.82) is 0 Å². The van der Waals surface area contributed by atoms with Gasteiger partial charge in [0.15, 0.2) is 0 Å². The van der Waals surface area contributed by atoms with Gasteiger partial charge >= 0.3 is 5.97 Å². The Labute approximate surface area is 147 Å². The Morgan fingerprint density at radius 3 is 1.92 bits per heavy atom. The molecule has 3 nitrogen and oxygen atoms in total. The van der Waals surface area contributed by atoms with E-state index in [4.69, 9.17) is 9.84 Å². The van der Waals surface area contributed by atoms with Gasteiger partial charge in [0, 0.05) is 5.57 Å². The van der Waals surface area contributed by atoms with Crippen molar-refractivity contribution in [3.8, 4) is 0 Å². The predicted molar refractivity (Wildman–Crippen MR) is 102 cm³/mol. The van der Waals surface area contributed by atoms with Crippen molar-refractivity contribution in [3.05, 3.63) is 46.6 Å². The van der Waals surface area contributed by atoms with Crippen LogP contribution in [0.4, 0.5) is 0 Å². The molecule has 1 N–H and O–H groups in total. The maximum atomic E-state index is 11.8. The fraction of sp³-hybridized carbons (Fsp3) is 0.571. The van der Waals surface area contributed by atoms with Crippen molar-refractivity contribution in [1.82, 2.24) is 0 Å². The number of carbonyl (C=O) groups is 1. The van der Waals surface area contributed by atoms with Gasteiger partial charge in [-0.1, -0.05) is 41.0 Å². The van der Waals surface area contributed by atoms with Crippen LogP contribution in [-0.2, 0) is 9.53 Å². The summed E-state index contributed by atoms with van der Waals surface area (Å²) in [4.78, 5) is 11.8. The maximum absolute atomic E-state index is 11.8. The number of rotatable bonds is 11. The van der Waals surface area contributed by atoms with E-state index in [0.29, 0.717) is 0 Å². The van der Waals surface area contributed by atoms with Crippen LogP contribution in [0.1, 0.15) is 66.2 Å². The van der Waals surface area contributed by atoms with E-state index in [1.165, 1.54) is 23.8 Å². The molecule has 0 spiro atoms. The van der Waals surface area contributed by atoms with Gasteiger partial charge in [-0.2, -0.15) is 0 Å². The average molecular weight is 335 g/mol. The van der Waals surface area contributed by atoms with Crippen LogP contribution in [0.5, 0.6) is 0 Å². The van der Waals surface area contributed by atoms with Crippen LogP contribution < -0.4 is 0 Å². The molecule has 0 saturated heterocycles. The van der Waals surface area contributed by atoms with E-state index in [1.807, 2.05) is 19.1 Å². The van der Waals surface area contributed by atoms with Crippen LogP contribution in [0.25, 0.3) is 0 Å². The molecule has 136 valence electrons. The fourth-order valence-corrected chi connectivity index (χ4v) is 2.32. The summed E-state index contributed by atoms with van der Waals surface area (Å²) >= 11 is 0. The smallest absolute Gasteiger partial charge is 0.333 e. The number of hydrogen-bond acceptors (Lipinski definition) is 3. The Kier molecular flexibility index (Phi) is 12.9. The first kappa shape index (κ1) is 22.4. The Bertz CT molecular complexity index is 489. The molecule has 0 aliphatic carbocycles. The van der Waals surface area contributed by atoms with E-state index < -0.39 is 0 Å². The lowest BCUT2D eigenvalue weighted by molar-refractivity contribution is -0.136. The highest BCUT2D eigenvalue weighted by molar-refractivity contribution is 5.88. The molecule has 0 aromatic rings. The van der Waals surface area contributed by atoms with Crippen LogP contribution in [0.3, 0.4) is 0 Å². The minimum absolute atomic E-state index is 0.113. The van der Waals surface area contributed by atoms with Gasteiger partial charge in [0.2, 0.25) is 0 Å². The van der Waals surface area contributed by atoms with Gasteiger partial charge in [-0.05, 0) is 66.2 Å². The molecule has 24 heavy (non-hydrogen) atoms. The molecule has 0 amide bonds. The Balaban J connectivity index is 4.44. The maximum Gasteiger partial charge on any atom is 0.333 e. The number of aliphatic hydroxyl groups excluding tert-OH is 1. The largest absolute Gasteiger partial charge is 0.466 e. The van der Waals surface area contributed by atoms with Crippen molar-refractivity contribution >= 4 is 5.97 Å². The minimum Gasteiger partial charge on any atom is -0.466 e. The molecule has 0 aromatic heterocycles. The van der Waals surface area contributed by atoms with E-state index in [0.717, 1.165) is 44.1 Å². The highest BCUT2D eigenvalue weighted by Gasteiger charge is 2.08. The topological polar surface area (TPSA) is 46.5 Å². The highest BCUT2D eigenvalue weighted by atomic mass is 16.5. The number of aliphatic hydroxyl groups is 1. The number of carbonyl (C=O) groups excluding carboxylic acids is 1. The molecular weight excluding hydrogens is 300 g/mol. The summed E-state index contributed by atoms with van der Waals surface area (Å²) in [5, 5.41) is 8.83. The molecule has 0 fully saturated rings. The van der Waals surface area contributed by atoms with E-state index in [1.54, 1.807) is 0 Å². The summed E-state index contributed by atoms with van der Waals surface area (Å²) in [6.07, 6.45) is 13.6. The van der Waals surface area contributed by atoms with Gasteiger partial charge in [-0.3, -0.25) is 0 Å². The van der Waals surface area contributed by atoms with E-state index >= 15 is 0 Å². The monoisotopic (exact) mass is 334 g/mol. The molecule has 0 aliphatic heterocycles. The second kappa shape index (κ2) is 13.8. The van der Waals surface area contributed by atoms with Gasteiger partial charge in [-0.15, -0.1) is 0 Å². The fourth-order valence-electron chi connectivity index (χ4n) is 2.32. The van der Waals surface area contributed by atoms with Crippen LogP contribution >= 0.6 is 0 Å². The molecule has 0 bridgehead atoms. The molecule has 3 heteroatoms. The summed E-state index contributed by atoms with van der Waals surface area (Å²) in [6, 6.07) is 0. The molecule has 0 radical (unpaired) electrons. The Morgan fingerprint density at radius 1 is 0.833 bits per heavy atom. The Hall–Kier alpha value is -1.61. The van der Waals surface area contributed by atoms with Gasteiger partial charge in [0.1, 0.15) is 0 Å². The SMILES string of the molecule is COC(=O)C(=CCCC(C)=CCCC(C)=CCO)CCC=C(C)C. The predicted octanol–water partition coefficient (Wildman–Crippen LogP) is 5.28. The third-order valence-corrected chi connectivity index (χ3v) is 3.81. The van der Waals surface area contributed by atoms with Crippen molar-refractivity contribution in [2.24, 2.45) is 0 Å². The molecule has 0 aliphatic rings. The highest BCUT2D eigenvalue weighted by Crippen LogP contribution is 2.14. The standard InChI is InChI=1S/C21H34O3/c1-17(2)9-6-13-20(21(23)24-5)14-8-12-18(3)10-7-11-19(4)15-16-22/h9-10,14-15,22H,6-8,11-13,16H2,1-5H3. The van der Waals surface area contributed by atoms with Crippen molar-refractivity contribution in [2.45, 2.75) is 66.2 Å². The molecule has 0 saturated carbocycles. The quantitative estimate of drug-likeness (QED) is 0.318. The first-order valence-electron chi connectivity index (χ1n) is 8.73. The minimum atomic E-state index is -0.219. The number of methoxy groups -OCH3 is 1. The normalized spacial score (nSPS) is 13.0. The van der Waals surface area contributed by atoms with Gasteiger partial charge in [0.05, 0.1) is 13.7 Å². The second-order valence-corrected chi connectivity index (χ2v) is 6.40. The van der Waals surface area contributed by atoms with Crippen molar-refractivity contribution < 1.29 is 14.6 Å². The summed E-state index contributed by atoms with van der Waals surface area (Å²) in [7, 11) is 1.43. The van der Waals surface area contributed by atoms with Gasteiger partial charge in [0.25, 0.3) is 0 Å². The van der Waals surface area contributed by atoms with Crippen LogP contribution in [0.2, 0.25) is 0 Å². The lowest BCUT2D eigenvalue weighted by atomic mass is 10.0. The zero-order valence-corrected chi connectivity index (χ0v) is 16.0. The van der Waals surface area contributed by atoms with E-state index in [-0.39, 0.29) is 12.6 Å². The molecule has 0 rings (SSSR count). The summed E-state index contributed by atoms with van der Waals surface area (Å²) in [6.45, 7) is 8.40. The van der Waals surface area contributed by atoms with Gasteiger partial charge in [-0.25, -0.2) is 4.79 Å². The molecule has 0 heterocycles. The van der Waals surface area contributed by atoms with Crippen molar-refractivity contribution in [2.75, 3.05) is 13.7 Å². The van der Waals surface area contributed by atoms with Crippen LogP contribution in [0, 0.1) is 0 Å². The van der Waals surface area contributed by atoms with Gasteiger partial charge < -0.3 is 9.84 Å². The zero-order chi connectivity index (χ0) is 18.4. The van der Waals surface area contributed by atoms with Crippen LogP contribution in [0.15, 0.2) is 46.6 Å².